The first-order valence-corrected chi connectivity index (χ1v) is 9.19. The molecular weight excluding hydrogens is 368 g/mol. The molecule has 8 nitrogen and oxygen atoms in total. The van der Waals surface area contributed by atoms with Crippen LogP contribution >= 0.6 is 11.3 Å². The lowest BCUT2D eigenvalue weighted by atomic mass is 10.1. The summed E-state index contributed by atoms with van der Waals surface area (Å²) in [5.41, 5.74) is 1.02. The Bertz CT molecular complexity index is 922. The van der Waals surface area contributed by atoms with E-state index in [1.807, 2.05) is 16.0 Å². The molecule has 1 aromatic carbocycles. The van der Waals surface area contributed by atoms with Gasteiger partial charge in [0.25, 0.3) is 5.91 Å². The van der Waals surface area contributed by atoms with Crippen molar-refractivity contribution in [3.8, 4) is 0 Å². The van der Waals surface area contributed by atoms with Gasteiger partial charge in [-0.3, -0.25) is 19.3 Å². The fourth-order valence-corrected chi connectivity index (χ4v) is 3.18. The number of aromatic nitrogens is 2. The zero-order valence-corrected chi connectivity index (χ0v) is 15.4. The summed E-state index contributed by atoms with van der Waals surface area (Å²) in [6.45, 7) is 2.10. The average Bonchev–Trinajstić information content (AvgIpc) is 3.22. The van der Waals surface area contributed by atoms with E-state index in [-0.39, 0.29) is 6.42 Å². The first kappa shape index (κ1) is 18.6. The Balaban J connectivity index is 1.71. The number of hydrogen-bond acceptors (Lipinski definition) is 6. The number of carbonyl (C=O) groups is 3. The summed E-state index contributed by atoms with van der Waals surface area (Å²) >= 11 is 1.45. The van der Waals surface area contributed by atoms with Crippen LogP contribution in [0, 0.1) is 0 Å². The molecule has 0 fully saturated rings. The van der Waals surface area contributed by atoms with E-state index in [4.69, 9.17) is 4.74 Å². The van der Waals surface area contributed by atoms with Crippen LogP contribution in [-0.4, -0.2) is 33.8 Å². The van der Waals surface area contributed by atoms with Gasteiger partial charge in [0.2, 0.25) is 6.10 Å². The molecule has 3 rings (SSSR count). The first-order chi connectivity index (χ1) is 13.1. The molecule has 0 aliphatic rings. The average molecular weight is 386 g/mol. The first-order valence-electron chi connectivity index (χ1n) is 8.31. The highest BCUT2D eigenvalue weighted by Crippen LogP contribution is 2.19. The third kappa shape index (κ3) is 4.70. The number of nitrogens with one attached hydrogen (secondary N) is 2. The summed E-state index contributed by atoms with van der Waals surface area (Å²) in [4.78, 5) is 41.5. The molecule has 3 amide bonds. The number of hydrogen-bond donors (Lipinski definition) is 2. The topological polar surface area (TPSA) is 102 Å². The summed E-state index contributed by atoms with van der Waals surface area (Å²) in [5.74, 6) is -1.33. The van der Waals surface area contributed by atoms with Crippen molar-refractivity contribution in [3.63, 3.8) is 0 Å². The lowest BCUT2D eigenvalue weighted by Gasteiger charge is -2.17. The Morgan fingerprint density at radius 2 is 2.04 bits per heavy atom. The van der Waals surface area contributed by atoms with E-state index < -0.39 is 24.0 Å². The predicted octanol–water partition coefficient (Wildman–Crippen LogP) is 2.07. The molecule has 9 heteroatoms. The molecule has 0 radical (unpaired) electrons. The number of amides is 3. The summed E-state index contributed by atoms with van der Waals surface area (Å²) in [5, 5.41) is 6.54. The van der Waals surface area contributed by atoms with E-state index in [2.05, 4.69) is 15.6 Å². The third-order valence-electron chi connectivity index (χ3n) is 3.63. The second kappa shape index (κ2) is 8.45. The van der Waals surface area contributed by atoms with Crippen molar-refractivity contribution in [2.24, 2.45) is 0 Å². The lowest BCUT2D eigenvalue weighted by Crippen LogP contribution is -2.42. The van der Waals surface area contributed by atoms with Gasteiger partial charge >= 0.3 is 12.0 Å². The van der Waals surface area contributed by atoms with Crippen molar-refractivity contribution in [2.75, 3.05) is 6.54 Å². The maximum absolute atomic E-state index is 12.4. The molecule has 0 saturated heterocycles. The molecule has 2 aromatic heterocycles. The van der Waals surface area contributed by atoms with E-state index in [1.54, 1.807) is 43.5 Å². The second-order valence-electron chi connectivity index (χ2n) is 5.63. The van der Waals surface area contributed by atoms with Crippen LogP contribution < -0.4 is 10.6 Å². The van der Waals surface area contributed by atoms with Gasteiger partial charge in [0, 0.05) is 29.9 Å². The minimum atomic E-state index is -1.23. The van der Waals surface area contributed by atoms with Crippen LogP contribution in [0.2, 0.25) is 0 Å². The minimum absolute atomic E-state index is 0.0772. The van der Waals surface area contributed by atoms with Crippen LogP contribution in [0.25, 0.3) is 4.96 Å². The second-order valence-corrected chi connectivity index (χ2v) is 6.50. The molecule has 0 spiro atoms. The van der Waals surface area contributed by atoms with Gasteiger partial charge in [-0.05, 0) is 6.92 Å². The Morgan fingerprint density at radius 1 is 1.26 bits per heavy atom. The van der Waals surface area contributed by atoms with Gasteiger partial charge in [0.05, 0.1) is 12.1 Å². The highest BCUT2D eigenvalue weighted by molar-refractivity contribution is 7.15. The zero-order valence-electron chi connectivity index (χ0n) is 14.5. The molecule has 27 heavy (non-hydrogen) atoms. The normalized spacial score (nSPS) is 11.7. The van der Waals surface area contributed by atoms with Gasteiger partial charge in [-0.25, -0.2) is 9.78 Å². The number of carbonyl (C=O) groups excluding carboxylic acids is 3. The quantitative estimate of drug-likeness (QED) is 0.632. The monoisotopic (exact) mass is 386 g/mol. The van der Waals surface area contributed by atoms with Gasteiger partial charge in [0.1, 0.15) is 0 Å². The lowest BCUT2D eigenvalue weighted by molar-refractivity contribution is -0.155. The summed E-state index contributed by atoms with van der Waals surface area (Å²) < 4.78 is 7.19. The number of nitrogens with zero attached hydrogens (tertiary/aromatic N) is 2. The van der Waals surface area contributed by atoms with Crippen molar-refractivity contribution >= 4 is 34.2 Å². The van der Waals surface area contributed by atoms with Gasteiger partial charge in [-0.1, -0.05) is 30.3 Å². The molecule has 2 heterocycles. The molecule has 0 aliphatic heterocycles. The standard InChI is InChI=1S/C18H18N4O4S/c1-2-19-17(25)21-16(24)15(12-6-4-3-5-7-12)26-14(23)10-13-11-22-8-9-27-18(22)20-13/h3-9,11,15H,2,10H2,1H3,(H2,19,21,24,25)/t15-/m0/s1. The molecule has 0 bridgehead atoms. The number of esters is 1. The Kier molecular flexibility index (Phi) is 5.82. The third-order valence-corrected chi connectivity index (χ3v) is 4.40. The van der Waals surface area contributed by atoms with Crippen LogP contribution in [0.5, 0.6) is 0 Å². The number of benzene rings is 1. The largest absolute Gasteiger partial charge is 0.447 e. The number of rotatable bonds is 6. The van der Waals surface area contributed by atoms with E-state index in [0.29, 0.717) is 17.8 Å². The number of ether oxygens (including phenoxy) is 1. The van der Waals surface area contributed by atoms with E-state index in [9.17, 15) is 14.4 Å². The molecule has 0 aliphatic carbocycles. The maximum atomic E-state index is 12.4. The van der Waals surface area contributed by atoms with E-state index in [0.717, 1.165) is 4.96 Å². The number of thiazole rings is 1. The number of fused-ring (bicyclic) bond motifs is 1. The van der Waals surface area contributed by atoms with Gasteiger partial charge in [0.15, 0.2) is 4.96 Å². The molecule has 0 unspecified atom stereocenters. The highest BCUT2D eigenvalue weighted by Gasteiger charge is 2.26. The smallest absolute Gasteiger partial charge is 0.321 e. The maximum Gasteiger partial charge on any atom is 0.321 e. The van der Waals surface area contributed by atoms with Gasteiger partial charge < -0.3 is 10.1 Å². The zero-order chi connectivity index (χ0) is 19.2. The van der Waals surface area contributed by atoms with Crippen LogP contribution in [0.15, 0.2) is 48.1 Å². The van der Waals surface area contributed by atoms with Crippen molar-refractivity contribution in [2.45, 2.75) is 19.4 Å². The summed E-state index contributed by atoms with van der Waals surface area (Å²) in [6, 6.07) is 7.89. The Morgan fingerprint density at radius 3 is 2.74 bits per heavy atom. The summed E-state index contributed by atoms with van der Waals surface area (Å²) in [6.07, 6.45) is 2.27. The number of imide groups is 1. The van der Waals surface area contributed by atoms with Gasteiger partial charge in [-0.15, -0.1) is 11.3 Å². The van der Waals surface area contributed by atoms with Crippen LogP contribution in [0.3, 0.4) is 0 Å². The minimum Gasteiger partial charge on any atom is -0.447 e. The number of imidazole rings is 1. The molecule has 1 atom stereocenters. The van der Waals surface area contributed by atoms with Crippen LogP contribution in [0.1, 0.15) is 24.3 Å². The van der Waals surface area contributed by atoms with E-state index in [1.165, 1.54) is 11.3 Å². The Hall–Kier alpha value is -3.20. The fraction of sp³-hybridized carbons (Fsp3) is 0.222. The SMILES string of the molecule is CCNC(=O)NC(=O)[C@@H](OC(=O)Cc1cn2ccsc2n1)c1ccccc1. The summed E-state index contributed by atoms with van der Waals surface area (Å²) in [7, 11) is 0. The molecule has 2 N–H and O–H groups in total. The van der Waals surface area contributed by atoms with Crippen LogP contribution in [0.4, 0.5) is 4.79 Å². The van der Waals surface area contributed by atoms with Gasteiger partial charge in [-0.2, -0.15) is 0 Å². The van der Waals surface area contributed by atoms with Crippen molar-refractivity contribution in [1.29, 1.82) is 0 Å². The predicted molar refractivity (Wildman–Crippen MR) is 99.3 cm³/mol. The molecule has 0 saturated carbocycles. The van der Waals surface area contributed by atoms with E-state index >= 15 is 0 Å². The molecular formula is C18H18N4O4S. The highest BCUT2D eigenvalue weighted by atomic mass is 32.1. The van der Waals surface area contributed by atoms with Crippen LogP contribution in [-0.2, 0) is 20.7 Å². The van der Waals surface area contributed by atoms with Crippen molar-refractivity contribution < 1.29 is 19.1 Å². The number of urea groups is 1. The fourth-order valence-electron chi connectivity index (χ4n) is 2.47. The van der Waals surface area contributed by atoms with Crippen molar-refractivity contribution in [1.82, 2.24) is 20.0 Å². The molecule has 140 valence electrons. The Labute approximate surface area is 159 Å². The van der Waals surface area contributed by atoms with Crippen molar-refractivity contribution in [3.05, 3.63) is 59.4 Å². The molecule has 3 aromatic rings.